The summed E-state index contributed by atoms with van der Waals surface area (Å²) in [6.07, 6.45) is -3.10. The zero-order chi connectivity index (χ0) is 29.3. The van der Waals surface area contributed by atoms with Gasteiger partial charge in [-0.2, -0.15) is 13.2 Å². The molecule has 1 heterocycles. The molecule has 0 aliphatic rings. The average Bonchev–Trinajstić information content (AvgIpc) is 2.93. The quantitative estimate of drug-likeness (QED) is 0.115. The van der Waals surface area contributed by atoms with Crippen molar-refractivity contribution < 1.29 is 82.2 Å². The molecule has 3 rings (SSSR count). The van der Waals surface area contributed by atoms with Crippen molar-refractivity contribution in [2.45, 2.75) is 59.8 Å². The first-order chi connectivity index (χ1) is 19.0. The van der Waals surface area contributed by atoms with Crippen molar-refractivity contribution in [2.24, 2.45) is 17.2 Å². The summed E-state index contributed by atoms with van der Waals surface area (Å²) >= 11 is 0. The SMILES string of the molecule is C.C.C.NCCN(CN)C(=O)CC[C@@H](N)C(=O)N[C@H](Cc1ccc(C(F)(F)F)cc1)C(=O)Nc1c[nH+]c2ccccc2c1.[Cl-].[Cl-].[Cl-].[Cl-]. The molecule has 0 radical (unpaired) electrons. The summed E-state index contributed by atoms with van der Waals surface area (Å²) in [5.74, 6) is -1.61. The van der Waals surface area contributed by atoms with Crippen LogP contribution in [-0.2, 0) is 27.0 Å². The maximum atomic E-state index is 13.3. The number of nitrogens with one attached hydrogen (secondary N) is 3. The van der Waals surface area contributed by atoms with Gasteiger partial charge in [0.05, 0.1) is 18.3 Å². The summed E-state index contributed by atoms with van der Waals surface area (Å²) < 4.78 is 39.0. The molecular weight excluding hydrogens is 705 g/mol. The van der Waals surface area contributed by atoms with Crippen molar-refractivity contribution in [3.05, 3.63) is 71.9 Å². The minimum Gasteiger partial charge on any atom is -1.00 e. The summed E-state index contributed by atoms with van der Waals surface area (Å²) in [5, 5.41) is 6.14. The number of benzene rings is 2. The topological polar surface area (TPSA) is 171 Å². The van der Waals surface area contributed by atoms with Gasteiger partial charge in [0.2, 0.25) is 23.2 Å². The smallest absolute Gasteiger partial charge is 0.416 e. The van der Waals surface area contributed by atoms with Crippen LogP contribution in [0.3, 0.4) is 0 Å². The van der Waals surface area contributed by atoms with E-state index in [9.17, 15) is 27.6 Å². The summed E-state index contributed by atoms with van der Waals surface area (Å²) in [4.78, 5) is 42.9. The van der Waals surface area contributed by atoms with Crippen LogP contribution < -0.4 is 82.4 Å². The third kappa shape index (κ3) is 16.2. The molecular formula is C30H45Cl4F3N7O3-3. The fourth-order valence-corrected chi connectivity index (χ4v) is 4.02. The fourth-order valence-electron chi connectivity index (χ4n) is 4.02. The van der Waals surface area contributed by atoms with Gasteiger partial charge in [-0.3, -0.25) is 14.4 Å². The lowest BCUT2D eigenvalue weighted by Gasteiger charge is -2.22. The molecule has 0 bridgehead atoms. The lowest BCUT2D eigenvalue weighted by molar-refractivity contribution is -0.343. The van der Waals surface area contributed by atoms with E-state index in [-0.39, 0.29) is 117 Å². The number of carbonyl (C=O) groups is 3. The Balaban J connectivity index is -0.000000840. The molecule has 3 aromatic rings. The van der Waals surface area contributed by atoms with Crippen molar-refractivity contribution in [1.29, 1.82) is 0 Å². The van der Waals surface area contributed by atoms with E-state index in [4.69, 9.17) is 17.2 Å². The van der Waals surface area contributed by atoms with Crippen LogP contribution in [0, 0.1) is 0 Å². The molecule has 0 aliphatic carbocycles. The largest absolute Gasteiger partial charge is 1.00 e. The predicted octanol–water partition coefficient (Wildman–Crippen LogP) is -8.93. The Bertz CT molecular complexity index is 1340. The van der Waals surface area contributed by atoms with Crippen LogP contribution in [0.4, 0.5) is 18.9 Å². The number of rotatable bonds is 12. The number of carbonyl (C=O) groups excluding carboxylic acids is 3. The number of nitrogens with zero attached hydrogens (tertiary/aromatic N) is 1. The van der Waals surface area contributed by atoms with Crippen LogP contribution in [-0.4, -0.2) is 54.5 Å². The molecule has 2 aromatic carbocycles. The van der Waals surface area contributed by atoms with Crippen LogP contribution in [0.25, 0.3) is 10.9 Å². The van der Waals surface area contributed by atoms with E-state index in [0.717, 1.165) is 23.0 Å². The van der Waals surface area contributed by atoms with E-state index in [1.807, 2.05) is 24.3 Å². The molecule has 47 heavy (non-hydrogen) atoms. The molecule has 9 N–H and O–H groups in total. The minimum absolute atomic E-state index is 0. The second-order valence-electron chi connectivity index (χ2n) is 9.20. The monoisotopic (exact) mass is 748 g/mol. The van der Waals surface area contributed by atoms with E-state index < -0.39 is 35.6 Å². The van der Waals surface area contributed by atoms with E-state index in [1.165, 1.54) is 17.0 Å². The lowest BCUT2D eigenvalue weighted by Crippen LogP contribution is -3.00. The van der Waals surface area contributed by atoms with Crippen LogP contribution in [0.5, 0.6) is 0 Å². The summed E-state index contributed by atoms with van der Waals surface area (Å²) in [5.41, 5.74) is 17.9. The standard InChI is InChI=1S/C27H32F3N7O3.3CH4.4ClH/c28-27(29,30)19-7-5-17(6-8-19)13-23(26(40)35-20-14-18-3-1-2-4-22(18)34-15-20)36-25(39)21(33)9-10-24(38)37(16-32)12-11-31;;;;;;;/h1-8,14-15,21,23H,9-13,16,31-33H2,(H,35,40)(H,36,39);3*1H4;4*1H/p-3/t21-,23-;;;;;;;/m1......./s1. The van der Waals surface area contributed by atoms with Crippen molar-refractivity contribution in [3.8, 4) is 0 Å². The second kappa shape index (κ2) is 25.2. The highest BCUT2D eigenvalue weighted by Crippen LogP contribution is 2.29. The maximum Gasteiger partial charge on any atom is 0.416 e. The molecule has 0 fully saturated rings. The van der Waals surface area contributed by atoms with Crippen molar-refractivity contribution >= 4 is 34.3 Å². The lowest BCUT2D eigenvalue weighted by atomic mass is 10.0. The average molecular weight is 751 g/mol. The Labute approximate surface area is 299 Å². The molecule has 10 nitrogen and oxygen atoms in total. The Kier molecular flexibility index (Phi) is 28.7. The van der Waals surface area contributed by atoms with Crippen molar-refractivity contribution in [3.63, 3.8) is 0 Å². The van der Waals surface area contributed by atoms with E-state index in [1.54, 1.807) is 12.3 Å². The highest BCUT2D eigenvalue weighted by Gasteiger charge is 2.31. The minimum atomic E-state index is -4.51. The van der Waals surface area contributed by atoms with Crippen molar-refractivity contribution in [1.82, 2.24) is 10.2 Å². The summed E-state index contributed by atoms with van der Waals surface area (Å²) in [6, 6.07) is 11.2. The van der Waals surface area contributed by atoms with Crippen LogP contribution in [0.15, 0.2) is 60.8 Å². The van der Waals surface area contributed by atoms with Gasteiger partial charge in [0.25, 0.3) is 0 Å². The number of pyridine rings is 1. The van der Waals surface area contributed by atoms with Gasteiger partial charge in [0.1, 0.15) is 11.7 Å². The number of amides is 3. The number of para-hydroxylation sites is 1. The molecule has 0 saturated carbocycles. The van der Waals surface area contributed by atoms with E-state index in [2.05, 4.69) is 15.6 Å². The highest BCUT2D eigenvalue weighted by atomic mass is 35.5. The molecule has 270 valence electrons. The van der Waals surface area contributed by atoms with Crippen LogP contribution in [0.2, 0.25) is 0 Å². The first-order valence-corrected chi connectivity index (χ1v) is 12.6. The Hall–Kier alpha value is -2.91. The number of H-pyrrole nitrogens is 1. The number of hydrogen-bond acceptors (Lipinski definition) is 6. The summed E-state index contributed by atoms with van der Waals surface area (Å²) in [6.45, 7) is 0.461. The first-order valence-electron chi connectivity index (χ1n) is 12.6. The Morgan fingerprint density at radius 3 is 2.04 bits per heavy atom. The van der Waals surface area contributed by atoms with Gasteiger partial charge in [-0.1, -0.05) is 46.5 Å². The molecule has 0 spiro atoms. The van der Waals surface area contributed by atoms with Gasteiger partial charge in [-0.05, 0) is 36.2 Å². The zero-order valence-corrected chi connectivity index (χ0v) is 26.2. The number of aromatic amines is 1. The van der Waals surface area contributed by atoms with Gasteiger partial charge < -0.3 is 82.4 Å². The third-order valence-corrected chi connectivity index (χ3v) is 6.25. The van der Waals surface area contributed by atoms with Crippen LogP contribution in [0.1, 0.15) is 46.2 Å². The fraction of sp³-hybridized carbons (Fsp3) is 0.400. The van der Waals surface area contributed by atoms with Gasteiger partial charge in [0.15, 0.2) is 6.20 Å². The van der Waals surface area contributed by atoms with Gasteiger partial charge in [-0.25, -0.2) is 4.98 Å². The number of fused-ring (bicyclic) bond motifs is 1. The molecule has 1 aromatic heterocycles. The van der Waals surface area contributed by atoms with E-state index in [0.29, 0.717) is 11.3 Å². The van der Waals surface area contributed by atoms with Gasteiger partial charge in [0, 0.05) is 37.4 Å². The molecule has 0 aliphatic heterocycles. The van der Waals surface area contributed by atoms with E-state index >= 15 is 0 Å². The number of alkyl halides is 3. The second-order valence-corrected chi connectivity index (χ2v) is 9.20. The zero-order valence-electron chi connectivity index (χ0n) is 23.2. The predicted molar refractivity (Wildman–Crippen MR) is 163 cm³/mol. The molecule has 0 unspecified atom stereocenters. The molecule has 3 amide bonds. The Morgan fingerprint density at radius 2 is 1.49 bits per heavy atom. The highest BCUT2D eigenvalue weighted by molar-refractivity contribution is 5.98. The molecule has 17 heteroatoms. The number of hydrogen-bond donors (Lipinski definition) is 5. The van der Waals surface area contributed by atoms with Crippen LogP contribution >= 0.6 is 0 Å². The number of anilines is 1. The number of nitrogens with two attached hydrogens (primary N) is 3. The Morgan fingerprint density at radius 1 is 0.894 bits per heavy atom. The molecule has 2 atom stereocenters. The first kappa shape index (κ1) is 53.6. The third-order valence-electron chi connectivity index (χ3n) is 6.25. The number of halogens is 7. The number of aromatic nitrogens is 1. The van der Waals surface area contributed by atoms with Gasteiger partial charge >= 0.3 is 6.18 Å². The normalized spacial score (nSPS) is 11.0. The molecule has 0 saturated heterocycles. The summed E-state index contributed by atoms with van der Waals surface area (Å²) in [7, 11) is 0. The maximum absolute atomic E-state index is 13.3. The van der Waals surface area contributed by atoms with Gasteiger partial charge in [-0.15, -0.1) is 0 Å². The van der Waals surface area contributed by atoms with Crippen molar-refractivity contribution in [2.75, 3.05) is 25.1 Å².